The summed E-state index contributed by atoms with van der Waals surface area (Å²) in [5.74, 6) is -0.942. The standard InChI is InChI=1S/C19H15N3O6/c1-3-8-21-18(24)14(17(23)20-19(21)25)10-13-5-7-16(28-13)12-4-6-15(22(26)27)11(2)9-12/h3-7,9-10H,1,8H2,2H3,(H,20,23,25)/b14-10+. The van der Waals surface area contributed by atoms with Crippen LogP contribution in [-0.4, -0.2) is 34.2 Å². The van der Waals surface area contributed by atoms with Gasteiger partial charge in [0, 0.05) is 23.7 Å². The molecule has 28 heavy (non-hydrogen) atoms. The summed E-state index contributed by atoms with van der Waals surface area (Å²) in [6.45, 7) is 5.05. The summed E-state index contributed by atoms with van der Waals surface area (Å²) in [7, 11) is 0. The van der Waals surface area contributed by atoms with Crippen molar-refractivity contribution in [2.75, 3.05) is 6.54 Å². The molecule has 2 aromatic rings. The van der Waals surface area contributed by atoms with Crippen LogP contribution < -0.4 is 5.32 Å². The van der Waals surface area contributed by atoms with E-state index in [1.807, 2.05) is 0 Å². The van der Waals surface area contributed by atoms with Crippen molar-refractivity contribution in [2.45, 2.75) is 6.92 Å². The van der Waals surface area contributed by atoms with Gasteiger partial charge in [-0.3, -0.25) is 29.9 Å². The fourth-order valence-electron chi connectivity index (χ4n) is 2.73. The number of urea groups is 1. The molecule has 0 unspecified atom stereocenters. The number of benzene rings is 1. The Hall–Kier alpha value is -4.01. The van der Waals surface area contributed by atoms with Crippen molar-refractivity contribution in [3.05, 3.63) is 70.0 Å². The van der Waals surface area contributed by atoms with E-state index in [4.69, 9.17) is 4.42 Å². The van der Waals surface area contributed by atoms with Crippen molar-refractivity contribution in [3.8, 4) is 11.3 Å². The number of barbiturate groups is 1. The van der Waals surface area contributed by atoms with Crippen molar-refractivity contribution >= 4 is 29.6 Å². The van der Waals surface area contributed by atoms with Gasteiger partial charge >= 0.3 is 6.03 Å². The molecule has 2 heterocycles. The van der Waals surface area contributed by atoms with Crippen molar-refractivity contribution in [3.63, 3.8) is 0 Å². The van der Waals surface area contributed by atoms with Gasteiger partial charge in [-0.2, -0.15) is 0 Å². The molecule has 1 N–H and O–H groups in total. The lowest BCUT2D eigenvalue weighted by atomic mass is 10.1. The molecule has 4 amide bonds. The first kappa shape index (κ1) is 18.8. The summed E-state index contributed by atoms with van der Waals surface area (Å²) in [6, 6.07) is 6.88. The third-order valence-electron chi connectivity index (χ3n) is 4.09. The quantitative estimate of drug-likeness (QED) is 0.279. The normalized spacial score (nSPS) is 15.7. The van der Waals surface area contributed by atoms with Crippen molar-refractivity contribution < 1.29 is 23.7 Å². The highest BCUT2D eigenvalue weighted by Gasteiger charge is 2.35. The average Bonchev–Trinajstić information content (AvgIpc) is 3.10. The van der Waals surface area contributed by atoms with Gasteiger partial charge in [0.05, 0.1) is 4.92 Å². The lowest BCUT2D eigenvalue weighted by Gasteiger charge is -2.24. The van der Waals surface area contributed by atoms with Gasteiger partial charge in [-0.05, 0) is 37.3 Å². The van der Waals surface area contributed by atoms with Gasteiger partial charge in [0.25, 0.3) is 17.5 Å². The van der Waals surface area contributed by atoms with Gasteiger partial charge in [0.2, 0.25) is 0 Å². The second-order valence-corrected chi connectivity index (χ2v) is 5.98. The number of furan rings is 1. The number of nitrogens with zero attached hydrogens (tertiary/aromatic N) is 2. The summed E-state index contributed by atoms with van der Waals surface area (Å²) < 4.78 is 5.64. The first-order chi connectivity index (χ1) is 13.3. The molecule has 0 spiro atoms. The van der Waals surface area contributed by atoms with E-state index in [-0.39, 0.29) is 23.6 Å². The monoisotopic (exact) mass is 381 g/mol. The second-order valence-electron chi connectivity index (χ2n) is 5.98. The maximum absolute atomic E-state index is 12.4. The van der Waals surface area contributed by atoms with Crippen molar-refractivity contribution in [2.24, 2.45) is 0 Å². The third kappa shape index (κ3) is 3.45. The highest BCUT2D eigenvalue weighted by molar-refractivity contribution is 6.30. The molecule has 1 aliphatic heterocycles. The topological polar surface area (TPSA) is 123 Å². The zero-order chi connectivity index (χ0) is 20.4. The maximum atomic E-state index is 12.4. The Morgan fingerprint density at radius 3 is 2.64 bits per heavy atom. The number of hydrogen-bond acceptors (Lipinski definition) is 6. The van der Waals surface area contributed by atoms with Crippen LogP contribution in [0.4, 0.5) is 10.5 Å². The molecule has 0 radical (unpaired) electrons. The molecule has 1 aromatic heterocycles. The van der Waals surface area contributed by atoms with Gasteiger partial charge in [0.1, 0.15) is 17.1 Å². The number of nitro groups is 1. The largest absolute Gasteiger partial charge is 0.457 e. The minimum atomic E-state index is -0.820. The zero-order valence-electron chi connectivity index (χ0n) is 14.8. The first-order valence-corrected chi connectivity index (χ1v) is 8.17. The summed E-state index contributed by atoms with van der Waals surface area (Å²) in [5, 5.41) is 13.0. The highest BCUT2D eigenvalue weighted by atomic mass is 16.6. The minimum Gasteiger partial charge on any atom is -0.457 e. The molecule has 142 valence electrons. The minimum absolute atomic E-state index is 0.00546. The van der Waals surface area contributed by atoms with Crippen molar-refractivity contribution in [1.29, 1.82) is 0 Å². The fourth-order valence-corrected chi connectivity index (χ4v) is 2.73. The van der Waals surface area contributed by atoms with E-state index in [0.717, 1.165) is 4.90 Å². The number of hydrogen-bond donors (Lipinski definition) is 1. The molecule has 0 bridgehead atoms. The molecule has 0 aliphatic carbocycles. The average molecular weight is 381 g/mol. The van der Waals surface area contributed by atoms with Crippen LogP contribution in [0.2, 0.25) is 0 Å². The SMILES string of the molecule is C=CCN1C(=O)NC(=O)/C(=C\c2ccc(-c3ccc([N+](=O)[O-])c(C)c3)o2)C1=O. The number of nitrogens with one attached hydrogen (secondary N) is 1. The molecule has 1 saturated heterocycles. The highest BCUT2D eigenvalue weighted by Crippen LogP contribution is 2.28. The smallest absolute Gasteiger partial charge is 0.331 e. The Morgan fingerprint density at radius 1 is 1.25 bits per heavy atom. The number of carbonyl (C=O) groups is 3. The van der Waals surface area contributed by atoms with E-state index in [0.29, 0.717) is 16.9 Å². The third-order valence-corrected chi connectivity index (χ3v) is 4.09. The van der Waals surface area contributed by atoms with E-state index >= 15 is 0 Å². The molecule has 1 aromatic carbocycles. The lowest BCUT2D eigenvalue weighted by molar-refractivity contribution is -0.385. The molecule has 9 nitrogen and oxygen atoms in total. The van der Waals surface area contributed by atoms with Crippen LogP contribution in [0.1, 0.15) is 11.3 Å². The second kappa shape index (κ2) is 7.31. The van der Waals surface area contributed by atoms with Crippen LogP contribution >= 0.6 is 0 Å². The van der Waals surface area contributed by atoms with E-state index in [1.54, 1.807) is 31.2 Å². The van der Waals surface area contributed by atoms with E-state index < -0.39 is 22.8 Å². The van der Waals surface area contributed by atoms with Gasteiger partial charge < -0.3 is 4.42 Å². The Bertz CT molecular complexity index is 1050. The van der Waals surface area contributed by atoms with Gasteiger partial charge in [-0.1, -0.05) is 6.08 Å². The van der Waals surface area contributed by atoms with E-state index in [1.165, 1.54) is 18.2 Å². The van der Waals surface area contributed by atoms with Crippen molar-refractivity contribution in [1.82, 2.24) is 10.2 Å². The summed E-state index contributed by atoms with van der Waals surface area (Å²) in [5.41, 5.74) is 0.825. The lowest BCUT2D eigenvalue weighted by Crippen LogP contribution is -2.54. The van der Waals surface area contributed by atoms with Crippen LogP contribution in [-0.2, 0) is 9.59 Å². The molecular weight excluding hydrogens is 366 g/mol. The number of nitro benzene ring substituents is 1. The summed E-state index contributed by atoms with van der Waals surface area (Å²) in [6.07, 6.45) is 2.61. The molecule has 1 fully saturated rings. The van der Waals surface area contributed by atoms with Gasteiger partial charge in [-0.25, -0.2) is 4.79 Å². The summed E-state index contributed by atoms with van der Waals surface area (Å²) in [4.78, 5) is 47.4. The predicted octanol–water partition coefficient (Wildman–Crippen LogP) is 2.81. The Labute approximate surface area is 159 Å². The van der Waals surface area contributed by atoms with Crippen LogP contribution in [0, 0.1) is 17.0 Å². The first-order valence-electron chi connectivity index (χ1n) is 8.17. The molecule has 0 saturated carbocycles. The van der Waals surface area contributed by atoms with Crippen LogP contribution in [0.3, 0.4) is 0 Å². The van der Waals surface area contributed by atoms with Gasteiger partial charge in [-0.15, -0.1) is 6.58 Å². The molecular formula is C19H15N3O6. The fraction of sp³-hybridized carbons (Fsp3) is 0.105. The van der Waals surface area contributed by atoms with E-state index in [2.05, 4.69) is 11.9 Å². The zero-order valence-corrected chi connectivity index (χ0v) is 14.8. The number of imide groups is 2. The maximum Gasteiger partial charge on any atom is 0.331 e. The number of aryl methyl sites for hydroxylation is 1. The number of rotatable bonds is 5. The molecule has 3 rings (SSSR count). The van der Waals surface area contributed by atoms with Crippen LogP contribution in [0.25, 0.3) is 17.4 Å². The Balaban J connectivity index is 1.91. The van der Waals surface area contributed by atoms with E-state index in [9.17, 15) is 24.5 Å². The van der Waals surface area contributed by atoms with Crippen LogP contribution in [0.15, 0.2) is 53.0 Å². The van der Waals surface area contributed by atoms with Gasteiger partial charge in [0.15, 0.2) is 0 Å². The number of amides is 4. The Kier molecular flexibility index (Phi) is 4.90. The Morgan fingerprint density at radius 2 is 2.00 bits per heavy atom. The molecule has 9 heteroatoms. The predicted molar refractivity (Wildman–Crippen MR) is 99.0 cm³/mol. The molecule has 0 atom stereocenters. The summed E-state index contributed by atoms with van der Waals surface area (Å²) >= 11 is 0. The molecule has 1 aliphatic rings. The van der Waals surface area contributed by atoms with Crippen LogP contribution in [0.5, 0.6) is 0 Å². The number of carbonyl (C=O) groups excluding carboxylic acids is 3.